The number of epoxide rings is 1. The van der Waals surface area contributed by atoms with Gasteiger partial charge in [0.2, 0.25) is 10.0 Å². The highest BCUT2D eigenvalue weighted by Gasteiger charge is 2.41. The molecule has 8 heteroatoms. The molecule has 2 aliphatic rings. The summed E-state index contributed by atoms with van der Waals surface area (Å²) < 4.78 is 37.8. The minimum atomic E-state index is -3.64. The van der Waals surface area contributed by atoms with Crippen molar-refractivity contribution in [1.29, 1.82) is 0 Å². The largest absolute Gasteiger partial charge is 0.492 e. The first-order chi connectivity index (χ1) is 11.4. The molecular weight excluding hydrogens is 332 g/mol. The standard InChI is InChI=1S/C16H22N2O5S/c1-3-22-13-7-6-12(17-16(19)15-11(2)23-15)10-14(13)24(20,21)18-8-4-5-9-18/h6-7,10-11,15H,3-5,8-9H2,1-2H3,(H,17,19)/t11-,15+/m0/s1. The zero-order valence-electron chi connectivity index (χ0n) is 13.8. The molecule has 0 radical (unpaired) electrons. The van der Waals surface area contributed by atoms with E-state index in [4.69, 9.17) is 9.47 Å². The third kappa shape index (κ3) is 3.40. The van der Waals surface area contributed by atoms with Crippen molar-refractivity contribution in [2.45, 2.75) is 43.8 Å². The van der Waals surface area contributed by atoms with Crippen LogP contribution in [0.2, 0.25) is 0 Å². The molecule has 2 fully saturated rings. The Morgan fingerprint density at radius 2 is 2.04 bits per heavy atom. The molecule has 0 aromatic heterocycles. The van der Waals surface area contributed by atoms with Gasteiger partial charge < -0.3 is 14.8 Å². The lowest BCUT2D eigenvalue weighted by Crippen LogP contribution is -2.28. The fourth-order valence-corrected chi connectivity index (χ4v) is 4.48. The summed E-state index contributed by atoms with van der Waals surface area (Å²) in [5.41, 5.74) is 0.420. The predicted octanol–water partition coefficient (Wildman–Crippen LogP) is 1.60. The van der Waals surface area contributed by atoms with E-state index in [0.29, 0.717) is 31.1 Å². The molecule has 0 aliphatic carbocycles. The molecule has 2 aliphatic heterocycles. The Balaban J connectivity index is 1.89. The number of anilines is 1. The number of hydrogen-bond acceptors (Lipinski definition) is 5. The summed E-state index contributed by atoms with van der Waals surface area (Å²) in [6, 6.07) is 4.68. The summed E-state index contributed by atoms with van der Waals surface area (Å²) in [6.45, 7) is 5.00. The number of nitrogens with one attached hydrogen (secondary N) is 1. The van der Waals surface area contributed by atoms with Crippen molar-refractivity contribution in [3.05, 3.63) is 18.2 Å². The fraction of sp³-hybridized carbons (Fsp3) is 0.562. The van der Waals surface area contributed by atoms with E-state index in [1.54, 1.807) is 19.1 Å². The average molecular weight is 354 g/mol. The summed E-state index contributed by atoms with van der Waals surface area (Å²) in [5.74, 6) is 0.0367. The number of sulfonamides is 1. The Bertz CT molecular complexity index is 728. The Morgan fingerprint density at radius 3 is 2.62 bits per heavy atom. The monoisotopic (exact) mass is 354 g/mol. The number of ether oxygens (including phenoxy) is 2. The van der Waals surface area contributed by atoms with Crippen LogP contribution in [0, 0.1) is 0 Å². The molecule has 3 rings (SSSR count). The first kappa shape index (κ1) is 17.2. The van der Waals surface area contributed by atoms with E-state index in [0.717, 1.165) is 12.8 Å². The van der Waals surface area contributed by atoms with Gasteiger partial charge in [0.05, 0.1) is 12.7 Å². The number of benzene rings is 1. The van der Waals surface area contributed by atoms with Gasteiger partial charge in [0.1, 0.15) is 10.6 Å². The van der Waals surface area contributed by atoms with Gasteiger partial charge in [-0.25, -0.2) is 8.42 Å². The second-order valence-corrected chi connectivity index (χ2v) is 7.86. The molecule has 0 bridgehead atoms. The van der Waals surface area contributed by atoms with Crippen molar-refractivity contribution < 1.29 is 22.7 Å². The van der Waals surface area contributed by atoms with Crippen LogP contribution in [0.4, 0.5) is 5.69 Å². The Kier molecular flexibility index (Phi) is 4.80. The van der Waals surface area contributed by atoms with E-state index in [-0.39, 0.29) is 16.9 Å². The molecule has 7 nitrogen and oxygen atoms in total. The second kappa shape index (κ2) is 6.70. The predicted molar refractivity (Wildman–Crippen MR) is 88.6 cm³/mol. The van der Waals surface area contributed by atoms with E-state index in [2.05, 4.69) is 5.32 Å². The summed E-state index contributed by atoms with van der Waals surface area (Å²) in [6.07, 6.45) is 1.16. The molecule has 2 atom stereocenters. The molecule has 1 amide bonds. The molecule has 1 N–H and O–H groups in total. The van der Waals surface area contributed by atoms with Crippen LogP contribution in [0.5, 0.6) is 5.75 Å². The molecule has 0 saturated carbocycles. The summed E-state index contributed by atoms with van der Waals surface area (Å²) >= 11 is 0. The molecule has 0 unspecified atom stereocenters. The molecule has 1 aromatic rings. The molecule has 24 heavy (non-hydrogen) atoms. The van der Waals surface area contributed by atoms with Gasteiger partial charge in [-0.15, -0.1) is 0 Å². The van der Waals surface area contributed by atoms with E-state index < -0.39 is 16.1 Å². The fourth-order valence-electron chi connectivity index (χ4n) is 2.80. The van der Waals surface area contributed by atoms with Gasteiger partial charge in [0, 0.05) is 18.8 Å². The van der Waals surface area contributed by atoms with Gasteiger partial charge >= 0.3 is 0 Å². The van der Waals surface area contributed by atoms with E-state index in [1.807, 2.05) is 6.92 Å². The maximum atomic E-state index is 12.9. The number of rotatable bonds is 6. The molecular formula is C16H22N2O5S. The minimum Gasteiger partial charge on any atom is -0.492 e. The number of carbonyl (C=O) groups is 1. The van der Waals surface area contributed by atoms with E-state index >= 15 is 0 Å². The average Bonchev–Trinajstić information content (AvgIpc) is 3.04. The zero-order valence-corrected chi connectivity index (χ0v) is 14.6. The van der Waals surface area contributed by atoms with Crippen LogP contribution in [0.1, 0.15) is 26.7 Å². The topological polar surface area (TPSA) is 88.2 Å². The van der Waals surface area contributed by atoms with Crippen molar-refractivity contribution in [2.75, 3.05) is 25.0 Å². The lowest BCUT2D eigenvalue weighted by molar-refractivity contribution is -0.117. The SMILES string of the molecule is CCOc1ccc(NC(=O)[C@@H]2O[C@H]2C)cc1S(=O)(=O)N1CCCC1. The summed E-state index contributed by atoms with van der Waals surface area (Å²) in [5, 5.41) is 2.70. The van der Waals surface area contributed by atoms with Crippen molar-refractivity contribution in [1.82, 2.24) is 4.31 Å². The first-order valence-electron chi connectivity index (χ1n) is 8.17. The molecule has 2 saturated heterocycles. The van der Waals surface area contributed by atoms with Crippen molar-refractivity contribution in [3.63, 3.8) is 0 Å². The lowest BCUT2D eigenvalue weighted by atomic mass is 10.2. The molecule has 0 spiro atoms. The molecule has 132 valence electrons. The zero-order chi connectivity index (χ0) is 17.3. The Hall–Kier alpha value is -1.64. The van der Waals surface area contributed by atoms with Crippen molar-refractivity contribution >= 4 is 21.6 Å². The Labute approximate surface area is 142 Å². The van der Waals surface area contributed by atoms with Gasteiger partial charge in [-0.05, 0) is 44.9 Å². The van der Waals surface area contributed by atoms with Crippen LogP contribution in [0.3, 0.4) is 0 Å². The number of carbonyl (C=O) groups excluding carboxylic acids is 1. The maximum Gasteiger partial charge on any atom is 0.256 e. The highest BCUT2D eigenvalue weighted by Crippen LogP contribution is 2.32. The van der Waals surface area contributed by atoms with Crippen LogP contribution in [0.15, 0.2) is 23.1 Å². The van der Waals surface area contributed by atoms with Crippen LogP contribution < -0.4 is 10.1 Å². The van der Waals surface area contributed by atoms with Gasteiger partial charge in [-0.3, -0.25) is 4.79 Å². The second-order valence-electron chi connectivity index (χ2n) is 5.96. The first-order valence-corrected chi connectivity index (χ1v) is 9.61. The van der Waals surface area contributed by atoms with Crippen molar-refractivity contribution in [3.8, 4) is 5.75 Å². The number of hydrogen-bond donors (Lipinski definition) is 1. The molecule has 1 aromatic carbocycles. The third-order valence-corrected chi connectivity index (χ3v) is 6.08. The number of amides is 1. The van der Waals surface area contributed by atoms with Crippen molar-refractivity contribution in [2.24, 2.45) is 0 Å². The normalized spacial score (nSPS) is 23.9. The quantitative estimate of drug-likeness (QED) is 0.784. The van der Waals surface area contributed by atoms with Crippen LogP contribution in [-0.4, -0.2) is 50.5 Å². The van der Waals surface area contributed by atoms with E-state index in [9.17, 15) is 13.2 Å². The van der Waals surface area contributed by atoms with Gasteiger partial charge in [0.15, 0.2) is 6.10 Å². The van der Waals surface area contributed by atoms with Gasteiger partial charge in [-0.2, -0.15) is 4.31 Å². The van der Waals surface area contributed by atoms with Crippen LogP contribution in [0.25, 0.3) is 0 Å². The maximum absolute atomic E-state index is 12.9. The van der Waals surface area contributed by atoms with Crippen LogP contribution in [-0.2, 0) is 19.6 Å². The summed E-state index contributed by atoms with van der Waals surface area (Å²) in [7, 11) is -3.64. The highest BCUT2D eigenvalue weighted by molar-refractivity contribution is 7.89. The highest BCUT2D eigenvalue weighted by atomic mass is 32.2. The lowest BCUT2D eigenvalue weighted by Gasteiger charge is -2.19. The Morgan fingerprint density at radius 1 is 1.38 bits per heavy atom. The van der Waals surface area contributed by atoms with Gasteiger partial charge in [0.25, 0.3) is 5.91 Å². The summed E-state index contributed by atoms with van der Waals surface area (Å²) in [4.78, 5) is 12.1. The third-order valence-electron chi connectivity index (χ3n) is 4.16. The van der Waals surface area contributed by atoms with E-state index in [1.165, 1.54) is 10.4 Å². The number of nitrogens with zero attached hydrogens (tertiary/aromatic N) is 1. The van der Waals surface area contributed by atoms with Gasteiger partial charge in [-0.1, -0.05) is 0 Å². The minimum absolute atomic E-state index is 0.0915. The molecule has 2 heterocycles. The van der Waals surface area contributed by atoms with Crippen LogP contribution >= 0.6 is 0 Å². The smallest absolute Gasteiger partial charge is 0.256 e.